The number of nitrogens with zero attached hydrogens (tertiary/aromatic N) is 1. The van der Waals surface area contributed by atoms with E-state index in [0.29, 0.717) is 6.61 Å². The normalized spacial score (nSPS) is 13.8. The highest BCUT2D eigenvalue weighted by molar-refractivity contribution is 5.54. The minimum absolute atomic E-state index is 0.0532. The lowest BCUT2D eigenvalue weighted by Crippen LogP contribution is -2.66. The molecule has 2 N–H and O–H groups in total. The summed E-state index contributed by atoms with van der Waals surface area (Å²) in [5.41, 5.74) is 2.07. The van der Waals surface area contributed by atoms with E-state index >= 15 is 0 Å². The highest BCUT2D eigenvalue weighted by Crippen LogP contribution is 2.26. The van der Waals surface area contributed by atoms with Gasteiger partial charge in [-0.05, 0) is 25.0 Å². The van der Waals surface area contributed by atoms with Gasteiger partial charge in [0.05, 0.1) is 32.5 Å². The standard InChI is InChI=1S/C24H33NO6/c1-19(25(13-15-26,14-16-27)24(28)29)17-30-20(2)18-31-23(21-9-5-3-6-10-21)22-11-7-4-8-12-22/h3-12,19-20,23,26-27H,13-18H2,1-2H3. The van der Waals surface area contributed by atoms with Crippen LogP contribution in [0.15, 0.2) is 60.7 Å². The third-order valence-corrected chi connectivity index (χ3v) is 5.53. The lowest BCUT2D eigenvalue weighted by Gasteiger charge is -2.42. The molecule has 0 aromatic heterocycles. The summed E-state index contributed by atoms with van der Waals surface area (Å²) in [5, 5.41) is 30.4. The van der Waals surface area contributed by atoms with Crippen molar-refractivity contribution in [2.75, 3.05) is 39.5 Å². The zero-order valence-electron chi connectivity index (χ0n) is 18.2. The molecule has 0 bridgehead atoms. The average molecular weight is 432 g/mol. The van der Waals surface area contributed by atoms with Gasteiger partial charge in [0.2, 0.25) is 0 Å². The van der Waals surface area contributed by atoms with Crippen molar-refractivity contribution in [2.45, 2.75) is 32.1 Å². The number of hydrogen-bond donors (Lipinski definition) is 2. The van der Waals surface area contributed by atoms with Gasteiger partial charge < -0.3 is 29.6 Å². The molecular weight excluding hydrogens is 398 g/mol. The lowest BCUT2D eigenvalue weighted by atomic mass is 10.0. The molecule has 0 aliphatic heterocycles. The van der Waals surface area contributed by atoms with Crippen LogP contribution in [0.5, 0.6) is 0 Å². The summed E-state index contributed by atoms with van der Waals surface area (Å²) in [7, 11) is 0. The number of rotatable bonds is 13. The third kappa shape index (κ3) is 6.85. The molecule has 0 saturated carbocycles. The van der Waals surface area contributed by atoms with Crippen LogP contribution in [-0.2, 0) is 9.47 Å². The number of ether oxygens (including phenoxy) is 2. The third-order valence-electron chi connectivity index (χ3n) is 5.53. The smallest absolute Gasteiger partial charge is 0.257 e. The molecule has 0 aliphatic rings. The van der Waals surface area contributed by atoms with Crippen molar-refractivity contribution in [1.29, 1.82) is 0 Å². The Morgan fingerprint density at radius 2 is 1.35 bits per heavy atom. The summed E-state index contributed by atoms with van der Waals surface area (Å²) in [4.78, 5) is 11.8. The van der Waals surface area contributed by atoms with E-state index in [9.17, 15) is 20.1 Å². The van der Waals surface area contributed by atoms with Gasteiger partial charge in [0.15, 0.2) is 0 Å². The van der Waals surface area contributed by atoms with Gasteiger partial charge in [-0.2, -0.15) is 0 Å². The fourth-order valence-electron chi connectivity index (χ4n) is 3.64. The molecule has 1 amide bonds. The first-order valence-corrected chi connectivity index (χ1v) is 10.6. The molecule has 0 fully saturated rings. The molecule has 31 heavy (non-hydrogen) atoms. The summed E-state index contributed by atoms with van der Waals surface area (Å²) in [6.07, 6.45) is -1.87. The molecule has 0 radical (unpaired) electrons. The molecular formula is C24H33NO6. The summed E-state index contributed by atoms with van der Waals surface area (Å²) in [5.74, 6) is 0. The predicted octanol–water partition coefficient (Wildman–Crippen LogP) is 1.73. The first-order valence-electron chi connectivity index (χ1n) is 10.6. The first kappa shape index (κ1) is 25.0. The molecule has 0 aliphatic carbocycles. The van der Waals surface area contributed by atoms with Crippen LogP contribution in [0.1, 0.15) is 31.1 Å². The molecule has 2 aromatic rings. The Hall–Kier alpha value is -2.29. The lowest BCUT2D eigenvalue weighted by molar-refractivity contribution is -0.899. The highest BCUT2D eigenvalue weighted by atomic mass is 16.5. The average Bonchev–Trinajstić information content (AvgIpc) is 2.78. The maximum absolute atomic E-state index is 11.8. The summed E-state index contributed by atoms with van der Waals surface area (Å²) in [6.45, 7) is 3.26. The number of aliphatic hydroxyl groups excluding tert-OH is 2. The van der Waals surface area contributed by atoms with Crippen LogP contribution in [0.2, 0.25) is 0 Å². The Morgan fingerprint density at radius 3 is 1.77 bits per heavy atom. The summed E-state index contributed by atoms with van der Waals surface area (Å²) in [6, 6.07) is 19.3. The Balaban J connectivity index is 2.00. The maximum Gasteiger partial charge on any atom is 0.257 e. The van der Waals surface area contributed by atoms with Gasteiger partial charge >= 0.3 is 0 Å². The Bertz CT molecular complexity index is 725. The van der Waals surface area contributed by atoms with Crippen molar-refractivity contribution in [3.05, 3.63) is 71.8 Å². The minimum Gasteiger partial charge on any atom is -0.498 e. The molecule has 2 rings (SSSR count). The second-order valence-electron chi connectivity index (χ2n) is 7.72. The van der Waals surface area contributed by atoms with Crippen LogP contribution >= 0.6 is 0 Å². The molecule has 7 heteroatoms. The molecule has 170 valence electrons. The van der Waals surface area contributed by atoms with E-state index in [1.54, 1.807) is 6.92 Å². The molecule has 7 nitrogen and oxygen atoms in total. The summed E-state index contributed by atoms with van der Waals surface area (Å²) >= 11 is 0. The Labute approximate surface area is 184 Å². The van der Waals surface area contributed by atoms with Crippen LogP contribution in [-0.4, -0.2) is 72.5 Å². The van der Waals surface area contributed by atoms with Crippen LogP contribution in [0, 0.1) is 0 Å². The van der Waals surface area contributed by atoms with Gasteiger partial charge in [-0.25, -0.2) is 0 Å². The Morgan fingerprint density at radius 1 is 0.871 bits per heavy atom. The predicted molar refractivity (Wildman–Crippen MR) is 115 cm³/mol. The molecule has 2 aromatic carbocycles. The number of benzene rings is 2. The minimum atomic E-state index is -1.34. The van der Waals surface area contributed by atoms with Crippen molar-refractivity contribution in [1.82, 2.24) is 0 Å². The molecule has 2 atom stereocenters. The molecule has 0 spiro atoms. The van der Waals surface area contributed by atoms with Gasteiger partial charge in [0.25, 0.3) is 6.09 Å². The zero-order chi connectivity index (χ0) is 22.7. The monoisotopic (exact) mass is 431 g/mol. The van der Waals surface area contributed by atoms with Crippen LogP contribution in [0.25, 0.3) is 0 Å². The van der Waals surface area contributed by atoms with Gasteiger partial charge in [-0.3, -0.25) is 4.48 Å². The van der Waals surface area contributed by atoms with Crippen molar-refractivity contribution in [3.63, 3.8) is 0 Å². The molecule has 0 heterocycles. The van der Waals surface area contributed by atoms with Crippen LogP contribution < -0.4 is 5.11 Å². The number of quaternary nitrogens is 1. The second kappa shape index (κ2) is 12.5. The molecule has 2 unspecified atom stereocenters. The number of carbonyl (C=O) groups is 1. The topological polar surface area (TPSA) is 99.1 Å². The quantitative estimate of drug-likeness (QED) is 0.469. The number of amides is 1. The molecule has 0 saturated heterocycles. The van der Waals surface area contributed by atoms with E-state index in [0.717, 1.165) is 11.1 Å². The van der Waals surface area contributed by atoms with Crippen LogP contribution in [0.4, 0.5) is 4.79 Å². The van der Waals surface area contributed by atoms with Crippen molar-refractivity contribution < 1.29 is 34.1 Å². The van der Waals surface area contributed by atoms with Gasteiger partial charge in [-0.1, -0.05) is 60.7 Å². The van der Waals surface area contributed by atoms with E-state index in [2.05, 4.69) is 0 Å². The van der Waals surface area contributed by atoms with Gasteiger partial charge in [0, 0.05) is 0 Å². The van der Waals surface area contributed by atoms with Crippen molar-refractivity contribution in [2.24, 2.45) is 0 Å². The van der Waals surface area contributed by atoms with E-state index in [1.165, 1.54) is 0 Å². The van der Waals surface area contributed by atoms with Crippen molar-refractivity contribution >= 4 is 6.09 Å². The number of carbonyl (C=O) groups excluding carboxylic acids is 1. The number of carboxylic acid groups (broad SMARTS) is 1. The Kier molecular flexibility index (Phi) is 10.1. The number of hydrogen-bond acceptors (Lipinski definition) is 6. The second-order valence-corrected chi connectivity index (χ2v) is 7.72. The zero-order valence-corrected chi connectivity index (χ0v) is 18.2. The van der Waals surface area contributed by atoms with Crippen molar-refractivity contribution in [3.8, 4) is 0 Å². The highest BCUT2D eigenvalue weighted by Gasteiger charge is 2.36. The van der Waals surface area contributed by atoms with Gasteiger partial charge in [-0.15, -0.1) is 0 Å². The first-order chi connectivity index (χ1) is 14.9. The van der Waals surface area contributed by atoms with E-state index in [-0.39, 0.29) is 45.1 Å². The van der Waals surface area contributed by atoms with E-state index < -0.39 is 16.6 Å². The summed E-state index contributed by atoms with van der Waals surface area (Å²) < 4.78 is 11.5. The SMILES string of the molecule is CC(COC(c1ccccc1)c1ccccc1)OCC(C)[N+](CCO)(CCO)C(=O)[O-]. The largest absolute Gasteiger partial charge is 0.498 e. The van der Waals surface area contributed by atoms with Crippen LogP contribution in [0.3, 0.4) is 0 Å². The maximum atomic E-state index is 11.8. The van der Waals surface area contributed by atoms with E-state index in [1.807, 2.05) is 67.6 Å². The number of aliphatic hydroxyl groups is 2. The van der Waals surface area contributed by atoms with Gasteiger partial charge in [0.1, 0.15) is 25.2 Å². The fraction of sp³-hybridized carbons (Fsp3) is 0.458. The van der Waals surface area contributed by atoms with E-state index in [4.69, 9.17) is 9.47 Å². The fourth-order valence-corrected chi connectivity index (χ4v) is 3.64.